The van der Waals surface area contributed by atoms with Crippen LogP contribution in [0.3, 0.4) is 0 Å². The first-order valence-corrected chi connectivity index (χ1v) is 5.71. The summed E-state index contributed by atoms with van der Waals surface area (Å²) in [7, 11) is 0. The third-order valence-corrected chi connectivity index (χ3v) is 3.17. The number of hydrogen-bond acceptors (Lipinski definition) is 1. The highest BCUT2D eigenvalue weighted by atomic mass is 35.5. The summed E-state index contributed by atoms with van der Waals surface area (Å²) in [6, 6.07) is 8.29. The molecule has 0 unspecified atom stereocenters. The third kappa shape index (κ3) is 3.09. The minimum atomic E-state index is 0.690. The van der Waals surface area contributed by atoms with Crippen LogP contribution in [0.25, 0.3) is 5.57 Å². The van der Waals surface area contributed by atoms with E-state index in [0.29, 0.717) is 5.88 Å². The molecular formula is C11H13ClS. The Hall–Kier alpha value is -0.400. The molecule has 0 radical (unpaired) electrons. The van der Waals surface area contributed by atoms with Gasteiger partial charge >= 0.3 is 0 Å². The smallest absolute Gasteiger partial charge is 0.0317 e. The van der Waals surface area contributed by atoms with Gasteiger partial charge in [-0.1, -0.05) is 24.8 Å². The summed E-state index contributed by atoms with van der Waals surface area (Å²) in [5.41, 5.74) is 2.34. The van der Waals surface area contributed by atoms with Gasteiger partial charge in [0.1, 0.15) is 0 Å². The van der Waals surface area contributed by atoms with Gasteiger partial charge in [-0.15, -0.1) is 23.4 Å². The Kier molecular flexibility index (Phi) is 4.40. The first-order chi connectivity index (χ1) is 6.25. The van der Waals surface area contributed by atoms with Gasteiger partial charge in [0.15, 0.2) is 0 Å². The number of thioether (sulfide) groups is 1. The maximum atomic E-state index is 5.64. The van der Waals surface area contributed by atoms with Gasteiger partial charge in [-0.3, -0.25) is 0 Å². The summed E-state index contributed by atoms with van der Waals surface area (Å²) in [4.78, 5) is 1.27. The molecule has 0 fully saturated rings. The zero-order chi connectivity index (χ0) is 9.68. The van der Waals surface area contributed by atoms with Gasteiger partial charge in [-0.25, -0.2) is 0 Å². The molecule has 0 saturated carbocycles. The van der Waals surface area contributed by atoms with Gasteiger partial charge < -0.3 is 0 Å². The minimum Gasteiger partial charge on any atom is -0.126 e. The van der Waals surface area contributed by atoms with E-state index in [2.05, 4.69) is 18.7 Å². The minimum absolute atomic E-state index is 0.690. The number of rotatable bonds is 4. The molecule has 0 nitrogen and oxygen atoms in total. The van der Waals surface area contributed by atoms with Crippen molar-refractivity contribution in [1.82, 2.24) is 0 Å². The zero-order valence-corrected chi connectivity index (χ0v) is 9.29. The predicted octanol–water partition coefficient (Wildman–Crippen LogP) is 4.05. The lowest BCUT2D eigenvalue weighted by atomic mass is 10.1. The number of benzene rings is 1. The molecule has 1 aromatic rings. The van der Waals surface area contributed by atoms with E-state index in [9.17, 15) is 0 Å². The molecule has 0 aliphatic rings. The molecular weight excluding hydrogens is 200 g/mol. The molecule has 0 aliphatic heterocycles. The summed E-state index contributed by atoms with van der Waals surface area (Å²) >= 11 is 7.42. The molecule has 0 saturated heterocycles. The van der Waals surface area contributed by atoms with Gasteiger partial charge in [-0.2, -0.15) is 0 Å². The zero-order valence-electron chi connectivity index (χ0n) is 7.72. The maximum absolute atomic E-state index is 5.64. The number of allylic oxidation sites excluding steroid dienone is 1. The highest BCUT2D eigenvalue weighted by Crippen LogP contribution is 2.26. The van der Waals surface area contributed by atoms with Gasteiger partial charge in [0.05, 0.1) is 0 Å². The Bertz CT molecular complexity index is 294. The monoisotopic (exact) mass is 212 g/mol. The Labute approximate surface area is 89.0 Å². The van der Waals surface area contributed by atoms with Crippen molar-refractivity contribution in [2.24, 2.45) is 0 Å². The van der Waals surface area contributed by atoms with Gasteiger partial charge in [0.25, 0.3) is 0 Å². The van der Waals surface area contributed by atoms with Gasteiger partial charge in [-0.05, 0) is 24.1 Å². The van der Waals surface area contributed by atoms with Crippen molar-refractivity contribution >= 4 is 28.9 Å². The molecule has 1 aromatic carbocycles. The first kappa shape index (κ1) is 10.7. The van der Waals surface area contributed by atoms with E-state index in [-0.39, 0.29) is 0 Å². The lowest BCUT2D eigenvalue weighted by Gasteiger charge is -2.06. The van der Waals surface area contributed by atoms with Crippen LogP contribution in [-0.4, -0.2) is 11.6 Å². The van der Waals surface area contributed by atoms with E-state index in [1.165, 1.54) is 10.5 Å². The van der Waals surface area contributed by atoms with Crippen molar-refractivity contribution in [2.45, 2.75) is 11.8 Å². The van der Waals surface area contributed by atoms with Crippen molar-refractivity contribution in [3.05, 3.63) is 36.4 Å². The second-order valence-corrected chi connectivity index (χ2v) is 4.33. The second kappa shape index (κ2) is 5.36. The first-order valence-electron chi connectivity index (χ1n) is 4.19. The molecule has 0 atom stereocenters. The van der Waals surface area contributed by atoms with E-state index < -0.39 is 0 Å². The average molecular weight is 213 g/mol. The summed E-state index contributed by atoms with van der Waals surface area (Å²) in [6.45, 7) is 5.98. The van der Waals surface area contributed by atoms with E-state index in [1.807, 2.05) is 19.1 Å². The van der Waals surface area contributed by atoms with Crippen molar-refractivity contribution < 1.29 is 0 Å². The van der Waals surface area contributed by atoms with Crippen LogP contribution in [0.2, 0.25) is 0 Å². The molecule has 0 N–H and O–H groups in total. The third-order valence-electron chi connectivity index (χ3n) is 1.68. The average Bonchev–Trinajstić information content (AvgIpc) is 2.15. The van der Waals surface area contributed by atoms with Crippen molar-refractivity contribution in [1.29, 1.82) is 0 Å². The van der Waals surface area contributed by atoms with Crippen LogP contribution in [0, 0.1) is 0 Å². The number of hydrogen-bond donors (Lipinski definition) is 0. The van der Waals surface area contributed by atoms with Crippen molar-refractivity contribution in [3.63, 3.8) is 0 Å². The maximum Gasteiger partial charge on any atom is 0.0317 e. The second-order valence-electron chi connectivity index (χ2n) is 2.81. The molecule has 0 amide bonds. The van der Waals surface area contributed by atoms with E-state index in [1.54, 1.807) is 11.8 Å². The Balaban J connectivity index is 2.84. The lowest BCUT2D eigenvalue weighted by molar-refractivity contribution is 1.37. The SMILES string of the molecule is C=C(C)c1ccccc1SCCCl. The van der Waals surface area contributed by atoms with Crippen LogP contribution < -0.4 is 0 Å². The fourth-order valence-electron chi connectivity index (χ4n) is 1.09. The number of alkyl halides is 1. The van der Waals surface area contributed by atoms with Crippen molar-refractivity contribution in [2.75, 3.05) is 11.6 Å². The molecule has 0 spiro atoms. The Morgan fingerprint density at radius 3 is 2.77 bits per heavy atom. The Morgan fingerprint density at radius 1 is 1.46 bits per heavy atom. The quantitative estimate of drug-likeness (QED) is 0.536. The molecule has 0 aliphatic carbocycles. The van der Waals surface area contributed by atoms with Gasteiger partial charge in [0, 0.05) is 16.5 Å². The number of halogens is 1. The molecule has 70 valence electrons. The fourth-order valence-corrected chi connectivity index (χ4v) is 2.19. The summed E-state index contributed by atoms with van der Waals surface area (Å²) in [5.74, 6) is 1.64. The van der Waals surface area contributed by atoms with Crippen LogP contribution in [0.1, 0.15) is 12.5 Å². The molecule has 0 heterocycles. The molecule has 0 aromatic heterocycles. The molecule has 1 rings (SSSR count). The molecule has 0 bridgehead atoms. The van der Waals surface area contributed by atoms with Crippen LogP contribution >= 0.6 is 23.4 Å². The lowest BCUT2D eigenvalue weighted by Crippen LogP contribution is -1.85. The Morgan fingerprint density at radius 2 is 2.15 bits per heavy atom. The van der Waals surface area contributed by atoms with Crippen molar-refractivity contribution in [3.8, 4) is 0 Å². The molecule has 13 heavy (non-hydrogen) atoms. The van der Waals surface area contributed by atoms with Gasteiger partial charge in [0.2, 0.25) is 0 Å². The van der Waals surface area contributed by atoms with Crippen LogP contribution in [0.4, 0.5) is 0 Å². The van der Waals surface area contributed by atoms with Crippen LogP contribution in [0.15, 0.2) is 35.7 Å². The highest BCUT2D eigenvalue weighted by Gasteiger charge is 2.01. The standard InChI is InChI=1S/C11H13ClS/c1-9(2)10-5-3-4-6-11(10)13-8-7-12/h3-6H,1,7-8H2,2H3. The summed E-state index contributed by atoms with van der Waals surface area (Å²) < 4.78 is 0. The summed E-state index contributed by atoms with van der Waals surface area (Å²) in [5, 5.41) is 0. The topological polar surface area (TPSA) is 0 Å². The van der Waals surface area contributed by atoms with E-state index in [4.69, 9.17) is 11.6 Å². The van der Waals surface area contributed by atoms with E-state index in [0.717, 1.165) is 11.3 Å². The summed E-state index contributed by atoms with van der Waals surface area (Å²) in [6.07, 6.45) is 0. The largest absolute Gasteiger partial charge is 0.126 e. The highest BCUT2D eigenvalue weighted by molar-refractivity contribution is 7.99. The fraction of sp³-hybridized carbons (Fsp3) is 0.273. The van der Waals surface area contributed by atoms with Crippen LogP contribution in [-0.2, 0) is 0 Å². The predicted molar refractivity (Wildman–Crippen MR) is 62.6 cm³/mol. The van der Waals surface area contributed by atoms with E-state index >= 15 is 0 Å². The molecule has 2 heteroatoms. The normalized spacial score (nSPS) is 10.0. The van der Waals surface area contributed by atoms with Crippen LogP contribution in [0.5, 0.6) is 0 Å².